The van der Waals surface area contributed by atoms with Crippen LogP contribution in [0, 0.1) is 5.41 Å². The first-order chi connectivity index (χ1) is 21.1. The number of aromatic nitrogens is 3. The molecule has 0 spiro atoms. The first-order valence-corrected chi connectivity index (χ1v) is 13.8. The summed E-state index contributed by atoms with van der Waals surface area (Å²) in [6.45, 7) is 2.03. The van der Waals surface area contributed by atoms with Gasteiger partial charge in [0.15, 0.2) is 11.8 Å². The zero-order valence-electron chi connectivity index (χ0n) is 23.4. The van der Waals surface area contributed by atoms with Crippen molar-refractivity contribution in [3.63, 3.8) is 0 Å². The van der Waals surface area contributed by atoms with Gasteiger partial charge in [0.05, 0.1) is 23.7 Å². The predicted octanol–water partition coefficient (Wildman–Crippen LogP) is 7.67. The Kier molecular flexibility index (Phi) is 7.77. The summed E-state index contributed by atoms with van der Waals surface area (Å²) >= 11 is 0. The number of esters is 1. The molecule has 2 heterocycles. The summed E-state index contributed by atoms with van der Waals surface area (Å²) in [5.41, 5.74) is 4.99. The molecule has 0 aliphatic heterocycles. The van der Waals surface area contributed by atoms with Crippen molar-refractivity contribution in [2.24, 2.45) is 0 Å². The number of rotatable bonds is 8. The molecule has 9 nitrogen and oxygen atoms in total. The normalized spacial score (nSPS) is 10.7. The van der Waals surface area contributed by atoms with Crippen molar-refractivity contribution in [2.45, 2.75) is 6.92 Å². The fourth-order valence-corrected chi connectivity index (χ4v) is 4.81. The Bertz CT molecular complexity index is 1900. The fraction of sp³-hybridized carbons (Fsp3) is 0.0588. The smallest absolute Gasteiger partial charge is 0.342 e. The molecular weight excluding hydrogens is 538 g/mol. The van der Waals surface area contributed by atoms with E-state index in [1.54, 1.807) is 19.2 Å². The second-order valence-corrected chi connectivity index (χ2v) is 9.70. The van der Waals surface area contributed by atoms with Gasteiger partial charge in [0.25, 0.3) is 0 Å². The number of hydrogen-bond donors (Lipinski definition) is 5. The molecule has 0 radical (unpaired) electrons. The second kappa shape index (κ2) is 12.3. The van der Waals surface area contributed by atoms with Gasteiger partial charge in [-0.2, -0.15) is 0 Å². The topological polar surface area (TPSA) is 128 Å². The third-order valence-corrected chi connectivity index (χ3v) is 6.85. The van der Waals surface area contributed by atoms with Crippen LogP contribution < -0.4 is 16.0 Å². The third kappa shape index (κ3) is 6.06. The lowest BCUT2D eigenvalue weighted by atomic mass is 10.00. The van der Waals surface area contributed by atoms with Gasteiger partial charge in [0, 0.05) is 17.3 Å². The summed E-state index contributed by atoms with van der Waals surface area (Å²) in [5.74, 6) is 0.478. The van der Waals surface area contributed by atoms with E-state index in [1.807, 2.05) is 91.0 Å². The van der Waals surface area contributed by atoms with Crippen molar-refractivity contribution < 1.29 is 9.53 Å². The highest BCUT2D eigenvalue weighted by Crippen LogP contribution is 2.35. The summed E-state index contributed by atoms with van der Waals surface area (Å²) in [5, 5.41) is 28.5. The van der Waals surface area contributed by atoms with Crippen LogP contribution in [0.1, 0.15) is 17.3 Å². The zero-order valence-corrected chi connectivity index (χ0v) is 23.4. The van der Waals surface area contributed by atoms with E-state index in [2.05, 4.69) is 43.3 Å². The van der Waals surface area contributed by atoms with Gasteiger partial charge in [-0.1, -0.05) is 78.9 Å². The van der Waals surface area contributed by atoms with Crippen LogP contribution in [0.3, 0.4) is 0 Å². The van der Waals surface area contributed by atoms with Gasteiger partial charge in [-0.05, 0) is 53.6 Å². The first kappa shape index (κ1) is 27.2. The predicted molar refractivity (Wildman–Crippen MR) is 172 cm³/mol. The number of ether oxygens (including phenoxy) is 1. The van der Waals surface area contributed by atoms with Gasteiger partial charge in [-0.3, -0.25) is 5.41 Å². The lowest BCUT2D eigenvalue weighted by Gasteiger charge is -2.15. The number of para-hydroxylation sites is 2. The van der Waals surface area contributed by atoms with E-state index >= 15 is 0 Å². The Balaban J connectivity index is 1.23. The molecule has 0 amide bonds. The van der Waals surface area contributed by atoms with E-state index in [-0.39, 0.29) is 12.6 Å². The molecule has 4 aromatic carbocycles. The molecule has 0 aliphatic carbocycles. The lowest BCUT2D eigenvalue weighted by Crippen LogP contribution is -2.22. The highest BCUT2D eigenvalue weighted by atomic mass is 16.5. The van der Waals surface area contributed by atoms with Gasteiger partial charge < -0.3 is 25.7 Å². The Morgan fingerprint density at radius 2 is 1.53 bits per heavy atom. The molecule has 2 aromatic heterocycles. The molecule has 6 aromatic rings. The van der Waals surface area contributed by atoms with Crippen molar-refractivity contribution in [3.05, 3.63) is 121 Å². The van der Waals surface area contributed by atoms with Crippen LogP contribution >= 0.6 is 0 Å². The van der Waals surface area contributed by atoms with Gasteiger partial charge >= 0.3 is 5.97 Å². The number of H-pyrrole nitrogens is 1. The molecule has 0 aliphatic rings. The van der Waals surface area contributed by atoms with Crippen LogP contribution in [0.25, 0.3) is 33.2 Å². The number of fused-ring (bicyclic) bond motifs is 1. The van der Waals surface area contributed by atoms with Crippen LogP contribution in [0.5, 0.6) is 0 Å². The van der Waals surface area contributed by atoms with Crippen molar-refractivity contribution >= 4 is 45.7 Å². The summed E-state index contributed by atoms with van der Waals surface area (Å²) < 4.78 is 5.44. The molecule has 0 fully saturated rings. The SMILES string of the molecule is CCOC(=O)c1c(-c2ccc3ccccc3c2)c[nH]c1Nc1ccccc1NC(=N)Nc1ccc(-c2ccccc2)nn1. The van der Waals surface area contributed by atoms with E-state index < -0.39 is 5.97 Å². The highest BCUT2D eigenvalue weighted by Gasteiger charge is 2.22. The minimum Gasteiger partial charge on any atom is -0.462 e. The number of carbonyl (C=O) groups is 1. The molecule has 0 unspecified atom stereocenters. The van der Waals surface area contributed by atoms with Gasteiger partial charge in [-0.25, -0.2) is 4.79 Å². The number of nitrogens with one attached hydrogen (secondary N) is 5. The molecule has 5 N–H and O–H groups in total. The minimum atomic E-state index is -0.438. The molecular formula is C34H29N7O2. The zero-order chi connectivity index (χ0) is 29.6. The summed E-state index contributed by atoms with van der Waals surface area (Å²) in [6, 6.07) is 35.0. The first-order valence-electron chi connectivity index (χ1n) is 13.8. The van der Waals surface area contributed by atoms with Crippen molar-refractivity contribution in [1.82, 2.24) is 15.2 Å². The highest BCUT2D eigenvalue weighted by molar-refractivity contribution is 6.06. The van der Waals surface area contributed by atoms with E-state index in [0.29, 0.717) is 28.6 Å². The van der Waals surface area contributed by atoms with E-state index in [0.717, 1.165) is 33.2 Å². The fourth-order valence-electron chi connectivity index (χ4n) is 4.81. The Morgan fingerprint density at radius 3 is 2.30 bits per heavy atom. The van der Waals surface area contributed by atoms with Gasteiger partial charge in [0.1, 0.15) is 11.4 Å². The summed E-state index contributed by atoms with van der Waals surface area (Å²) in [6.07, 6.45) is 1.80. The van der Waals surface area contributed by atoms with Crippen molar-refractivity contribution in [1.29, 1.82) is 5.41 Å². The summed E-state index contributed by atoms with van der Waals surface area (Å²) in [7, 11) is 0. The number of hydrogen-bond acceptors (Lipinski definition) is 6. The standard InChI is InChI=1S/C34H29N7O2/c1-2-43-33(42)31-26(25-17-16-22-10-6-7-13-24(22)20-25)21-36-32(31)37-28-14-8-9-15-29(28)38-34(35)39-30-19-18-27(40-41-30)23-11-4-3-5-12-23/h3-21,36-37H,2H2,1H3,(H3,35,38,39,41). The maximum Gasteiger partial charge on any atom is 0.342 e. The molecule has 0 saturated carbocycles. The second-order valence-electron chi connectivity index (χ2n) is 9.70. The molecule has 0 bridgehead atoms. The third-order valence-electron chi connectivity index (χ3n) is 6.85. The maximum atomic E-state index is 13.2. The molecule has 212 valence electrons. The van der Waals surface area contributed by atoms with Crippen molar-refractivity contribution in [2.75, 3.05) is 22.6 Å². The van der Waals surface area contributed by atoms with Crippen LogP contribution in [-0.2, 0) is 4.74 Å². The van der Waals surface area contributed by atoms with Crippen molar-refractivity contribution in [3.8, 4) is 22.4 Å². The lowest BCUT2D eigenvalue weighted by molar-refractivity contribution is 0.0528. The Morgan fingerprint density at radius 1 is 0.791 bits per heavy atom. The number of guanidine groups is 1. The number of aromatic amines is 1. The maximum absolute atomic E-state index is 13.2. The molecule has 0 atom stereocenters. The van der Waals surface area contributed by atoms with Crippen LogP contribution in [0.2, 0.25) is 0 Å². The number of carbonyl (C=O) groups excluding carboxylic acids is 1. The molecule has 6 rings (SSSR count). The number of anilines is 4. The minimum absolute atomic E-state index is 0.00460. The number of benzene rings is 4. The number of nitrogens with zero attached hydrogens (tertiary/aromatic N) is 2. The largest absolute Gasteiger partial charge is 0.462 e. The Hall–Kier alpha value is -5.96. The van der Waals surface area contributed by atoms with E-state index in [1.165, 1.54) is 0 Å². The molecule has 9 heteroatoms. The average molecular weight is 568 g/mol. The quantitative estimate of drug-likeness (QED) is 0.0725. The monoisotopic (exact) mass is 567 g/mol. The van der Waals surface area contributed by atoms with E-state index in [9.17, 15) is 4.79 Å². The van der Waals surface area contributed by atoms with Gasteiger partial charge in [0.2, 0.25) is 0 Å². The van der Waals surface area contributed by atoms with E-state index in [4.69, 9.17) is 10.1 Å². The summed E-state index contributed by atoms with van der Waals surface area (Å²) in [4.78, 5) is 16.4. The molecule has 0 saturated heterocycles. The Labute approximate surface area is 248 Å². The molecule has 43 heavy (non-hydrogen) atoms. The van der Waals surface area contributed by atoms with Crippen LogP contribution in [0.15, 0.2) is 115 Å². The average Bonchev–Trinajstić information content (AvgIpc) is 3.46. The van der Waals surface area contributed by atoms with Gasteiger partial charge in [-0.15, -0.1) is 10.2 Å². The van der Waals surface area contributed by atoms with Crippen LogP contribution in [-0.4, -0.2) is 33.7 Å². The van der Waals surface area contributed by atoms with Crippen LogP contribution in [0.4, 0.5) is 23.0 Å².